The fraction of sp³-hybridized carbons (Fsp3) is 0.214. The second-order valence-electron chi connectivity index (χ2n) is 4.79. The molecular weight excluding hydrogens is 379 g/mol. The third-order valence-corrected chi connectivity index (χ3v) is 3.89. The van der Waals surface area contributed by atoms with Crippen molar-refractivity contribution in [1.29, 1.82) is 0 Å². The summed E-state index contributed by atoms with van der Waals surface area (Å²) in [6.45, 7) is 3.97. The summed E-state index contributed by atoms with van der Waals surface area (Å²) < 4.78 is 2.67. The molecule has 1 heterocycles. The Morgan fingerprint density at radius 1 is 1.29 bits per heavy atom. The van der Waals surface area contributed by atoms with E-state index in [4.69, 9.17) is 23.2 Å². The van der Waals surface area contributed by atoms with Crippen LogP contribution in [-0.4, -0.2) is 15.6 Å². The van der Waals surface area contributed by atoms with E-state index in [9.17, 15) is 9.90 Å². The normalized spacial score (nSPS) is 11.0. The lowest BCUT2D eigenvalue weighted by Crippen LogP contribution is -2.17. The number of aromatic nitrogens is 1. The first kappa shape index (κ1) is 16.2. The zero-order valence-electron chi connectivity index (χ0n) is 11.3. The van der Waals surface area contributed by atoms with Crippen molar-refractivity contribution in [2.45, 2.75) is 19.9 Å². The van der Waals surface area contributed by atoms with Gasteiger partial charge in [0.2, 0.25) is 0 Å². The Bertz CT molecular complexity index is 675. The summed E-state index contributed by atoms with van der Waals surface area (Å²) in [5.41, 5.74) is 0.928. The van der Waals surface area contributed by atoms with Crippen LogP contribution in [0.5, 0.6) is 5.75 Å². The molecule has 7 heteroatoms. The Morgan fingerprint density at radius 2 is 1.86 bits per heavy atom. The molecular formula is C14H13BrCl2N2O2. The number of hydrogen-bond acceptors (Lipinski definition) is 2. The van der Waals surface area contributed by atoms with Crippen molar-refractivity contribution in [2.24, 2.45) is 0 Å². The van der Waals surface area contributed by atoms with Gasteiger partial charge in [-0.2, -0.15) is 0 Å². The van der Waals surface area contributed by atoms with E-state index in [0.29, 0.717) is 11.4 Å². The molecule has 0 aliphatic rings. The molecule has 0 saturated heterocycles. The predicted molar refractivity (Wildman–Crippen MR) is 88.6 cm³/mol. The van der Waals surface area contributed by atoms with Crippen LogP contribution in [0, 0.1) is 0 Å². The van der Waals surface area contributed by atoms with Crippen molar-refractivity contribution in [3.05, 3.63) is 44.6 Å². The maximum atomic E-state index is 12.4. The third-order valence-electron chi connectivity index (χ3n) is 2.88. The predicted octanol–water partition coefficient (Wildman–Crippen LogP) is 5.10. The number of carbonyl (C=O) groups is 1. The first-order chi connectivity index (χ1) is 9.79. The summed E-state index contributed by atoms with van der Waals surface area (Å²) in [5.74, 6) is -0.489. The topological polar surface area (TPSA) is 54.3 Å². The highest BCUT2D eigenvalue weighted by molar-refractivity contribution is 9.10. The Balaban J connectivity index is 2.30. The van der Waals surface area contributed by atoms with Gasteiger partial charge in [0, 0.05) is 22.4 Å². The molecule has 0 bridgehead atoms. The number of phenols is 1. The second kappa shape index (κ2) is 6.30. The largest absolute Gasteiger partial charge is 0.505 e. The van der Waals surface area contributed by atoms with Gasteiger partial charge in [-0.05, 0) is 48.0 Å². The zero-order chi connectivity index (χ0) is 15.7. The van der Waals surface area contributed by atoms with E-state index in [-0.39, 0.29) is 27.7 Å². The summed E-state index contributed by atoms with van der Waals surface area (Å²) in [6.07, 6.45) is 1.84. The van der Waals surface area contributed by atoms with Gasteiger partial charge in [0.15, 0.2) is 5.75 Å². The zero-order valence-corrected chi connectivity index (χ0v) is 14.4. The molecule has 0 aliphatic heterocycles. The quantitative estimate of drug-likeness (QED) is 0.715. The molecule has 2 aromatic rings. The van der Waals surface area contributed by atoms with Crippen LogP contribution in [0.2, 0.25) is 10.0 Å². The number of hydrogen-bond donors (Lipinski definition) is 2. The number of nitrogens with one attached hydrogen (secondary N) is 1. The highest BCUT2D eigenvalue weighted by Gasteiger charge is 2.16. The Hall–Kier alpha value is -1.17. The van der Waals surface area contributed by atoms with Crippen molar-refractivity contribution in [3.8, 4) is 5.75 Å². The van der Waals surface area contributed by atoms with Gasteiger partial charge in [-0.3, -0.25) is 4.79 Å². The molecule has 2 rings (SSSR count). The van der Waals surface area contributed by atoms with E-state index < -0.39 is 0 Å². The van der Waals surface area contributed by atoms with Gasteiger partial charge in [-0.1, -0.05) is 23.2 Å². The molecule has 1 aromatic carbocycles. The van der Waals surface area contributed by atoms with E-state index in [1.54, 1.807) is 6.07 Å². The lowest BCUT2D eigenvalue weighted by atomic mass is 10.2. The monoisotopic (exact) mass is 390 g/mol. The van der Waals surface area contributed by atoms with Crippen LogP contribution < -0.4 is 5.32 Å². The van der Waals surface area contributed by atoms with Crippen LogP contribution in [0.1, 0.15) is 30.4 Å². The maximum Gasteiger partial charge on any atom is 0.272 e. The summed E-state index contributed by atoms with van der Waals surface area (Å²) >= 11 is 15.0. The third kappa shape index (κ3) is 3.54. The number of halogens is 3. The number of rotatable bonds is 3. The minimum atomic E-state index is -0.285. The van der Waals surface area contributed by atoms with Crippen LogP contribution in [-0.2, 0) is 0 Å². The van der Waals surface area contributed by atoms with E-state index in [1.807, 2.05) is 24.6 Å². The molecule has 112 valence electrons. The van der Waals surface area contributed by atoms with Crippen LogP contribution in [0.4, 0.5) is 5.69 Å². The molecule has 0 radical (unpaired) electrons. The summed E-state index contributed by atoms with van der Waals surface area (Å²) in [4.78, 5) is 12.4. The van der Waals surface area contributed by atoms with Crippen molar-refractivity contribution in [3.63, 3.8) is 0 Å². The average Bonchev–Trinajstić information content (AvgIpc) is 2.78. The highest BCUT2D eigenvalue weighted by atomic mass is 79.9. The fourth-order valence-electron chi connectivity index (χ4n) is 1.89. The molecule has 0 unspecified atom stereocenters. The van der Waals surface area contributed by atoms with Crippen molar-refractivity contribution in [2.75, 3.05) is 5.32 Å². The van der Waals surface area contributed by atoms with Crippen LogP contribution in [0.25, 0.3) is 0 Å². The Labute approximate surface area is 140 Å². The van der Waals surface area contributed by atoms with Crippen molar-refractivity contribution >= 4 is 50.7 Å². The number of nitrogens with zero attached hydrogens (tertiary/aromatic N) is 1. The van der Waals surface area contributed by atoms with Gasteiger partial charge in [-0.15, -0.1) is 0 Å². The number of carbonyl (C=O) groups excluding carboxylic acids is 1. The lowest BCUT2D eigenvalue weighted by Gasteiger charge is -2.13. The number of aromatic hydroxyl groups is 1. The van der Waals surface area contributed by atoms with Crippen LogP contribution >= 0.6 is 39.1 Å². The molecule has 4 nitrogen and oxygen atoms in total. The fourth-order valence-corrected chi connectivity index (χ4v) is 2.81. The van der Waals surface area contributed by atoms with Gasteiger partial charge in [-0.25, -0.2) is 0 Å². The smallest absolute Gasteiger partial charge is 0.272 e. The van der Waals surface area contributed by atoms with Gasteiger partial charge in [0.1, 0.15) is 5.69 Å². The van der Waals surface area contributed by atoms with E-state index in [1.165, 1.54) is 12.1 Å². The van der Waals surface area contributed by atoms with Crippen LogP contribution in [0.15, 0.2) is 28.9 Å². The average molecular weight is 392 g/mol. The lowest BCUT2D eigenvalue weighted by molar-refractivity contribution is 0.101. The minimum absolute atomic E-state index is 0.0817. The number of amides is 1. The first-order valence-corrected chi connectivity index (χ1v) is 7.71. The van der Waals surface area contributed by atoms with E-state index in [2.05, 4.69) is 21.2 Å². The SMILES string of the molecule is CC(C)n1cc(Br)cc1C(=O)Nc1cc(Cl)c(O)c(Cl)c1. The van der Waals surface area contributed by atoms with E-state index >= 15 is 0 Å². The summed E-state index contributed by atoms with van der Waals surface area (Å²) in [5, 5.41) is 12.4. The molecule has 2 N–H and O–H groups in total. The molecule has 1 aromatic heterocycles. The maximum absolute atomic E-state index is 12.4. The molecule has 0 atom stereocenters. The van der Waals surface area contributed by atoms with Gasteiger partial charge >= 0.3 is 0 Å². The standard InChI is InChI=1S/C14H13BrCl2N2O2/c1-7(2)19-6-8(15)3-12(19)14(21)18-9-4-10(16)13(20)11(17)5-9/h3-7,20H,1-2H3,(H,18,21). The first-order valence-electron chi connectivity index (χ1n) is 6.16. The number of phenolic OH excluding ortho intramolecular Hbond substituents is 1. The minimum Gasteiger partial charge on any atom is -0.505 e. The molecule has 1 amide bonds. The van der Waals surface area contributed by atoms with Crippen LogP contribution in [0.3, 0.4) is 0 Å². The van der Waals surface area contributed by atoms with Gasteiger partial charge in [0.25, 0.3) is 5.91 Å². The Morgan fingerprint density at radius 3 is 2.38 bits per heavy atom. The van der Waals surface area contributed by atoms with Crippen molar-refractivity contribution < 1.29 is 9.90 Å². The summed E-state index contributed by atoms with van der Waals surface area (Å²) in [7, 11) is 0. The molecule has 0 fully saturated rings. The molecule has 21 heavy (non-hydrogen) atoms. The highest BCUT2D eigenvalue weighted by Crippen LogP contribution is 2.34. The van der Waals surface area contributed by atoms with Gasteiger partial charge in [0.05, 0.1) is 10.0 Å². The molecule has 0 aliphatic carbocycles. The van der Waals surface area contributed by atoms with Gasteiger partial charge < -0.3 is 15.0 Å². The molecule has 0 spiro atoms. The van der Waals surface area contributed by atoms with Crippen molar-refractivity contribution in [1.82, 2.24) is 4.57 Å². The number of benzene rings is 1. The second-order valence-corrected chi connectivity index (χ2v) is 6.52. The number of anilines is 1. The molecule has 0 saturated carbocycles. The summed E-state index contributed by atoms with van der Waals surface area (Å²) in [6, 6.07) is 4.76. The van der Waals surface area contributed by atoms with E-state index in [0.717, 1.165) is 4.47 Å². The Kier molecular flexibility index (Phi) is 4.86.